The summed E-state index contributed by atoms with van der Waals surface area (Å²) in [6.45, 7) is 3.71. The highest BCUT2D eigenvalue weighted by Gasteiger charge is 2.31. The van der Waals surface area contributed by atoms with Crippen LogP contribution in [0.1, 0.15) is 35.7 Å². The lowest BCUT2D eigenvalue weighted by molar-refractivity contribution is -0.133. The number of benzene rings is 2. The first-order valence-electron chi connectivity index (χ1n) is 9.53. The fraction of sp³-hybridized carbons (Fsp3) is 0.364. The molecular formula is C22H27N3O2. The number of hydrogen-bond donors (Lipinski definition) is 1. The van der Waals surface area contributed by atoms with E-state index in [0.29, 0.717) is 31.6 Å². The van der Waals surface area contributed by atoms with Crippen LogP contribution in [0, 0.1) is 0 Å². The summed E-state index contributed by atoms with van der Waals surface area (Å²) in [6.07, 6.45) is 1.19. The average Bonchev–Trinajstić information content (AvgIpc) is 2.87. The first-order valence-corrected chi connectivity index (χ1v) is 9.53. The van der Waals surface area contributed by atoms with E-state index in [1.807, 2.05) is 71.4 Å². The van der Waals surface area contributed by atoms with Crippen molar-refractivity contribution in [3.8, 4) is 0 Å². The summed E-state index contributed by atoms with van der Waals surface area (Å²) in [6, 6.07) is 17.5. The molecular weight excluding hydrogens is 338 g/mol. The van der Waals surface area contributed by atoms with Gasteiger partial charge < -0.3 is 15.1 Å². The molecule has 0 radical (unpaired) electrons. The van der Waals surface area contributed by atoms with Crippen molar-refractivity contribution < 1.29 is 9.59 Å². The molecule has 2 amide bonds. The molecule has 27 heavy (non-hydrogen) atoms. The van der Waals surface area contributed by atoms with Gasteiger partial charge in [-0.15, -0.1) is 0 Å². The Morgan fingerprint density at radius 3 is 2.44 bits per heavy atom. The molecule has 1 N–H and O–H groups in total. The van der Waals surface area contributed by atoms with Crippen molar-refractivity contribution in [3.63, 3.8) is 0 Å². The standard InChI is InChI=1S/C22H27N3O2/c1-3-20-16-24(22(27)18-9-11-19(23-2)12-10-18)14-13-21(26)25(20)15-17-7-5-4-6-8-17/h4-12,20,23H,3,13-16H2,1-2H3/t20-/m1/s1. The summed E-state index contributed by atoms with van der Waals surface area (Å²) in [5.74, 6) is 0.108. The van der Waals surface area contributed by atoms with Gasteiger partial charge in [-0.1, -0.05) is 37.3 Å². The molecule has 0 saturated carbocycles. The number of nitrogens with one attached hydrogen (secondary N) is 1. The molecule has 5 nitrogen and oxygen atoms in total. The van der Waals surface area contributed by atoms with Gasteiger partial charge in [0.25, 0.3) is 5.91 Å². The summed E-state index contributed by atoms with van der Waals surface area (Å²) in [5, 5.41) is 3.06. The largest absolute Gasteiger partial charge is 0.388 e. The van der Waals surface area contributed by atoms with Crippen LogP contribution < -0.4 is 5.32 Å². The first-order chi connectivity index (χ1) is 13.1. The SMILES string of the molecule is CC[C@@H]1CN(C(=O)c2ccc(NC)cc2)CCC(=O)N1Cc1ccccc1. The number of carbonyl (C=O) groups excluding carboxylic acids is 2. The zero-order valence-electron chi connectivity index (χ0n) is 16.0. The highest BCUT2D eigenvalue weighted by atomic mass is 16.2. The molecule has 1 heterocycles. The van der Waals surface area contributed by atoms with E-state index in [-0.39, 0.29) is 17.9 Å². The Hall–Kier alpha value is -2.82. The maximum atomic E-state index is 13.0. The van der Waals surface area contributed by atoms with E-state index in [2.05, 4.69) is 12.2 Å². The quantitative estimate of drug-likeness (QED) is 0.884. The minimum absolute atomic E-state index is 0.00883. The fourth-order valence-corrected chi connectivity index (χ4v) is 3.52. The summed E-state index contributed by atoms with van der Waals surface area (Å²) in [4.78, 5) is 29.5. The van der Waals surface area contributed by atoms with Gasteiger partial charge in [-0.2, -0.15) is 0 Å². The topological polar surface area (TPSA) is 52.7 Å². The lowest BCUT2D eigenvalue weighted by Gasteiger charge is -2.31. The van der Waals surface area contributed by atoms with Gasteiger partial charge in [-0.25, -0.2) is 0 Å². The zero-order valence-corrected chi connectivity index (χ0v) is 16.0. The van der Waals surface area contributed by atoms with Crippen LogP contribution in [0.15, 0.2) is 54.6 Å². The van der Waals surface area contributed by atoms with Gasteiger partial charge in [0, 0.05) is 50.4 Å². The summed E-state index contributed by atoms with van der Waals surface area (Å²) in [7, 11) is 1.85. The van der Waals surface area contributed by atoms with Gasteiger partial charge in [-0.05, 0) is 36.2 Å². The number of carbonyl (C=O) groups is 2. The number of amides is 2. The van der Waals surface area contributed by atoms with Gasteiger partial charge in [-0.3, -0.25) is 9.59 Å². The smallest absolute Gasteiger partial charge is 0.253 e. The minimum atomic E-state index is -0.00883. The monoisotopic (exact) mass is 365 g/mol. The second kappa shape index (κ2) is 8.71. The first kappa shape index (κ1) is 19.0. The average molecular weight is 365 g/mol. The van der Waals surface area contributed by atoms with Gasteiger partial charge in [0.2, 0.25) is 5.91 Å². The molecule has 1 fully saturated rings. The van der Waals surface area contributed by atoms with Gasteiger partial charge in [0.05, 0.1) is 0 Å². The molecule has 1 aliphatic rings. The van der Waals surface area contributed by atoms with E-state index in [1.165, 1.54) is 0 Å². The maximum absolute atomic E-state index is 13.0. The molecule has 1 saturated heterocycles. The Morgan fingerprint density at radius 2 is 1.81 bits per heavy atom. The minimum Gasteiger partial charge on any atom is -0.388 e. The van der Waals surface area contributed by atoms with Gasteiger partial charge in [0.1, 0.15) is 0 Å². The van der Waals surface area contributed by atoms with Crippen LogP contribution in [0.4, 0.5) is 5.69 Å². The van der Waals surface area contributed by atoms with Crippen LogP contribution >= 0.6 is 0 Å². The molecule has 0 unspecified atom stereocenters. The third-order valence-electron chi connectivity index (χ3n) is 5.16. The predicted octanol–water partition coefficient (Wildman–Crippen LogP) is 3.38. The summed E-state index contributed by atoms with van der Waals surface area (Å²) in [5.41, 5.74) is 2.75. The fourth-order valence-electron chi connectivity index (χ4n) is 3.52. The van der Waals surface area contributed by atoms with Crippen molar-refractivity contribution in [1.29, 1.82) is 0 Å². The van der Waals surface area contributed by atoms with Crippen LogP contribution in [0.2, 0.25) is 0 Å². The lowest BCUT2D eigenvalue weighted by Crippen LogP contribution is -2.43. The Morgan fingerprint density at radius 1 is 1.11 bits per heavy atom. The third-order valence-corrected chi connectivity index (χ3v) is 5.16. The number of anilines is 1. The van der Waals surface area contributed by atoms with Gasteiger partial charge >= 0.3 is 0 Å². The molecule has 2 aromatic carbocycles. The maximum Gasteiger partial charge on any atom is 0.253 e. The molecule has 2 aromatic rings. The summed E-state index contributed by atoms with van der Waals surface area (Å²) < 4.78 is 0. The highest BCUT2D eigenvalue weighted by molar-refractivity contribution is 5.95. The number of hydrogen-bond acceptors (Lipinski definition) is 3. The molecule has 5 heteroatoms. The number of nitrogens with zero attached hydrogens (tertiary/aromatic N) is 2. The van der Waals surface area contributed by atoms with Crippen LogP contribution in [0.5, 0.6) is 0 Å². The Balaban J connectivity index is 1.76. The molecule has 142 valence electrons. The van der Waals surface area contributed by atoms with E-state index in [0.717, 1.165) is 17.7 Å². The summed E-state index contributed by atoms with van der Waals surface area (Å²) >= 11 is 0. The van der Waals surface area contributed by atoms with Crippen molar-refractivity contribution in [2.75, 3.05) is 25.5 Å². The molecule has 0 spiro atoms. The van der Waals surface area contributed by atoms with Crippen molar-refractivity contribution in [2.45, 2.75) is 32.4 Å². The van der Waals surface area contributed by atoms with E-state index >= 15 is 0 Å². The lowest BCUT2D eigenvalue weighted by atomic mass is 10.1. The molecule has 1 atom stereocenters. The normalized spacial score (nSPS) is 17.6. The Bertz CT molecular complexity index is 774. The van der Waals surface area contributed by atoms with Crippen molar-refractivity contribution in [3.05, 3.63) is 65.7 Å². The zero-order chi connectivity index (χ0) is 19.2. The molecule has 0 bridgehead atoms. The molecule has 1 aliphatic heterocycles. The Labute approximate surface area is 161 Å². The second-order valence-corrected chi connectivity index (χ2v) is 6.90. The predicted molar refractivity (Wildman–Crippen MR) is 108 cm³/mol. The van der Waals surface area contributed by atoms with Crippen LogP contribution in [-0.4, -0.2) is 47.8 Å². The van der Waals surface area contributed by atoms with Crippen LogP contribution in [-0.2, 0) is 11.3 Å². The van der Waals surface area contributed by atoms with Gasteiger partial charge in [0.15, 0.2) is 0 Å². The highest BCUT2D eigenvalue weighted by Crippen LogP contribution is 2.20. The van der Waals surface area contributed by atoms with Crippen molar-refractivity contribution in [1.82, 2.24) is 9.80 Å². The third kappa shape index (κ3) is 4.48. The van der Waals surface area contributed by atoms with Crippen LogP contribution in [0.25, 0.3) is 0 Å². The second-order valence-electron chi connectivity index (χ2n) is 6.90. The molecule has 3 rings (SSSR count). The molecule has 0 aromatic heterocycles. The van der Waals surface area contributed by atoms with E-state index in [9.17, 15) is 9.59 Å². The van der Waals surface area contributed by atoms with Crippen molar-refractivity contribution >= 4 is 17.5 Å². The molecule has 0 aliphatic carbocycles. The Kier molecular flexibility index (Phi) is 6.12. The van der Waals surface area contributed by atoms with E-state index in [1.54, 1.807) is 0 Å². The van der Waals surface area contributed by atoms with E-state index in [4.69, 9.17) is 0 Å². The number of rotatable bonds is 5. The van der Waals surface area contributed by atoms with E-state index < -0.39 is 0 Å². The van der Waals surface area contributed by atoms with Crippen molar-refractivity contribution in [2.24, 2.45) is 0 Å². The van der Waals surface area contributed by atoms with Crippen LogP contribution in [0.3, 0.4) is 0 Å².